The van der Waals surface area contributed by atoms with Gasteiger partial charge in [-0.2, -0.15) is 5.10 Å². The second-order valence-electron chi connectivity index (χ2n) is 2.99. The summed E-state index contributed by atoms with van der Waals surface area (Å²) in [6, 6.07) is 0. The van der Waals surface area contributed by atoms with Crippen LogP contribution >= 0.6 is 0 Å². The molecule has 0 saturated carbocycles. The smallest absolute Gasteiger partial charge is 0.278 e. The van der Waals surface area contributed by atoms with E-state index in [1.807, 2.05) is 13.8 Å². The van der Waals surface area contributed by atoms with E-state index in [1.54, 1.807) is 0 Å². The van der Waals surface area contributed by atoms with Crippen molar-refractivity contribution in [3.63, 3.8) is 0 Å². The van der Waals surface area contributed by atoms with Gasteiger partial charge < -0.3 is 0 Å². The highest BCUT2D eigenvalue weighted by Gasteiger charge is 2.15. The van der Waals surface area contributed by atoms with E-state index < -0.39 is 0 Å². The number of nitrogens with one attached hydrogen (secondary N) is 2. The quantitative estimate of drug-likeness (QED) is 0.682. The first kappa shape index (κ1) is 9.73. The van der Waals surface area contributed by atoms with Crippen molar-refractivity contribution in [3.05, 3.63) is 17.5 Å². The Hall–Kier alpha value is -1.36. The van der Waals surface area contributed by atoms with Crippen LogP contribution in [-0.4, -0.2) is 23.2 Å². The van der Waals surface area contributed by atoms with Gasteiger partial charge in [0.25, 0.3) is 5.91 Å². The third-order valence-electron chi connectivity index (χ3n) is 1.69. The summed E-state index contributed by atoms with van der Waals surface area (Å²) in [7, 11) is 1.40. The van der Waals surface area contributed by atoms with Crippen molar-refractivity contribution < 1.29 is 9.63 Å². The van der Waals surface area contributed by atoms with Crippen LogP contribution in [0.15, 0.2) is 6.20 Å². The zero-order chi connectivity index (χ0) is 9.84. The number of hydrogen-bond donors (Lipinski definition) is 2. The normalized spacial score (nSPS) is 10.5. The van der Waals surface area contributed by atoms with Crippen LogP contribution in [0.3, 0.4) is 0 Å². The van der Waals surface area contributed by atoms with Gasteiger partial charge in [-0.3, -0.25) is 14.7 Å². The summed E-state index contributed by atoms with van der Waals surface area (Å²) in [6.45, 7) is 3.97. The third-order valence-corrected chi connectivity index (χ3v) is 1.69. The first-order chi connectivity index (χ1) is 6.16. The summed E-state index contributed by atoms with van der Waals surface area (Å²) in [6.07, 6.45) is 1.49. The Morgan fingerprint density at radius 2 is 2.38 bits per heavy atom. The lowest BCUT2D eigenvalue weighted by molar-refractivity contribution is 0.0536. The maximum atomic E-state index is 11.3. The lowest BCUT2D eigenvalue weighted by Gasteiger charge is -2.05. The number of aromatic amines is 1. The molecule has 0 radical (unpaired) electrons. The molecular formula is C8H13N3O2. The zero-order valence-corrected chi connectivity index (χ0v) is 7.92. The highest BCUT2D eigenvalue weighted by molar-refractivity contribution is 5.94. The van der Waals surface area contributed by atoms with Gasteiger partial charge >= 0.3 is 0 Å². The minimum absolute atomic E-state index is 0.236. The number of nitrogens with zero attached hydrogens (tertiary/aromatic N) is 1. The van der Waals surface area contributed by atoms with Gasteiger partial charge in [0.2, 0.25) is 0 Å². The first-order valence-electron chi connectivity index (χ1n) is 4.03. The van der Waals surface area contributed by atoms with E-state index in [0.29, 0.717) is 5.56 Å². The van der Waals surface area contributed by atoms with E-state index in [2.05, 4.69) is 20.5 Å². The van der Waals surface area contributed by atoms with Crippen molar-refractivity contribution in [3.8, 4) is 0 Å². The van der Waals surface area contributed by atoms with Crippen molar-refractivity contribution in [2.45, 2.75) is 19.8 Å². The predicted octanol–water partition coefficient (Wildman–Crippen LogP) is 0.824. The summed E-state index contributed by atoms with van der Waals surface area (Å²) < 4.78 is 0. The number of hydrogen-bond acceptors (Lipinski definition) is 3. The molecule has 0 fully saturated rings. The molecule has 5 nitrogen and oxygen atoms in total. The molecular weight excluding hydrogens is 170 g/mol. The lowest BCUT2D eigenvalue weighted by Crippen LogP contribution is -2.22. The zero-order valence-electron chi connectivity index (χ0n) is 7.92. The summed E-state index contributed by atoms with van der Waals surface area (Å²) in [5, 5.41) is 6.58. The highest BCUT2D eigenvalue weighted by atomic mass is 16.6. The molecule has 72 valence electrons. The summed E-state index contributed by atoms with van der Waals surface area (Å²) in [5.41, 5.74) is 3.58. The van der Waals surface area contributed by atoms with Gasteiger partial charge in [-0.15, -0.1) is 0 Å². The van der Waals surface area contributed by atoms with Gasteiger partial charge in [0.05, 0.1) is 24.6 Å². The van der Waals surface area contributed by atoms with Crippen LogP contribution in [0.2, 0.25) is 0 Å². The first-order valence-corrected chi connectivity index (χ1v) is 4.03. The molecule has 0 atom stereocenters. The Balaban J connectivity index is 2.87. The number of rotatable bonds is 3. The van der Waals surface area contributed by atoms with Crippen LogP contribution in [0.5, 0.6) is 0 Å². The van der Waals surface area contributed by atoms with Crippen LogP contribution in [0.1, 0.15) is 35.8 Å². The van der Waals surface area contributed by atoms with Crippen molar-refractivity contribution in [2.24, 2.45) is 0 Å². The average Bonchev–Trinajstić information content (AvgIpc) is 2.52. The second-order valence-corrected chi connectivity index (χ2v) is 2.99. The second kappa shape index (κ2) is 4.04. The molecule has 0 aromatic carbocycles. The molecule has 0 unspecified atom stereocenters. The molecule has 1 heterocycles. The summed E-state index contributed by atoms with van der Waals surface area (Å²) in [5.74, 6) is -0.0416. The predicted molar refractivity (Wildman–Crippen MR) is 47.2 cm³/mol. The van der Waals surface area contributed by atoms with Gasteiger partial charge in [0.1, 0.15) is 0 Å². The largest absolute Gasteiger partial charge is 0.281 e. The number of hydroxylamine groups is 1. The van der Waals surface area contributed by atoms with E-state index in [0.717, 1.165) is 5.69 Å². The Morgan fingerprint density at radius 3 is 2.92 bits per heavy atom. The van der Waals surface area contributed by atoms with E-state index in [-0.39, 0.29) is 11.8 Å². The molecule has 0 aliphatic heterocycles. The number of carbonyl (C=O) groups is 1. The lowest BCUT2D eigenvalue weighted by atomic mass is 10.1. The van der Waals surface area contributed by atoms with Gasteiger partial charge in [0.15, 0.2) is 0 Å². The van der Waals surface area contributed by atoms with Gasteiger partial charge in [-0.05, 0) is 5.92 Å². The van der Waals surface area contributed by atoms with E-state index in [1.165, 1.54) is 13.3 Å². The number of carbonyl (C=O) groups excluding carboxylic acids is 1. The summed E-state index contributed by atoms with van der Waals surface area (Å²) >= 11 is 0. The maximum Gasteiger partial charge on any atom is 0.278 e. The molecule has 13 heavy (non-hydrogen) atoms. The molecule has 0 aliphatic carbocycles. The van der Waals surface area contributed by atoms with E-state index >= 15 is 0 Å². The summed E-state index contributed by atoms with van der Waals surface area (Å²) in [4.78, 5) is 15.9. The number of aromatic nitrogens is 2. The standard InChI is InChI=1S/C8H13N3O2/c1-5(2)7-6(4-9-10-7)8(12)11-13-3/h4-5H,1-3H3,(H,9,10)(H,11,12). The van der Waals surface area contributed by atoms with Crippen molar-refractivity contribution in [2.75, 3.05) is 7.11 Å². The van der Waals surface area contributed by atoms with E-state index in [9.17, 15) is 4.79 Å². The molecule has 0 spiro atoms. The van der Waals surface area contributed by atoms with Crippen molar-refractivity contribution in [1.29, 1.82) is 0 Å². The number of amides is 1. The maximum absolute atomic E-state index is 11.3. The van der Waals surface area contributed by atoms with Gasteiger partial charge in [0, 0.05) is 0 Å². The van der Waals surface area contributed by atoms with Crippen LogP contribution < -0.4 is 5.48 Å². The molecule has 1 rings (SSSR count). The Morgan fingerprint density at radius 1 is 1.69 bits per heavy atom. The fraction of sp³-hybridized carbons (Fsp3) is 0.500. The molecule has 1 aromatic rings. The van der Waals surface area contributed by atoms with Crippen LogP contribution in [0, 0.1) is 0 Å². The highest BCUT2D eigenvalue weighted by Crippen LogP contribution is 2.15. The molecule has 0 saturated heterocycles. The number of H-pyrrole nitrogens is 1. The van der Waals surface area contributed by atoms with Gasteiger partial charge in [-0.1, -0.05) is 13.8 Å². The third kappa shape index (κ3) is 2.06. The molecule has 0 aliphatic rings. The SMILES string of the molecule is CONC(=O)c1cn[nH]c1C(C)C. The molecule has 2 N–H and O–H groups in total. The fourth-order valence-electron chi connectivity index (χ4n) is 1.06. The van der Waals surface area contributed by atoms with Gasteiger partial charge in [-0.25, -0.2) is 5.48 Å². The molecule has 1 aromatic heterocycles. The van der Waals surface area contributed by atoms with Crippen LogP contribution in [0.25, 0.3) is 0 Å². The van der Waals surface area contributed by atoms with Crippen LogP contribution in [-0.2, 0) is 4.84 Å². The fourth-order valence-corrected chi connectivity index (χ4v) is 1.06. The monoisotopic (exact) mass is 183 g/mol. The molecule has 5 heteroatoms. The Bertz CT molecular complexity index is 293. The topological polar surface area (TPSA) is 67.0 Å². The minimum Gasteiger partial charge on any atom is -0.281 e. The Kier molecular flexibility index (Phi) is 3.02. The van der Waals surface area contributed by atoms with E-state index in [4.69, 9.17) is 0 Å². The Labute approximate surface area is 76.4 Å². The average molecular weight is 183 g/mol. The van der Waals surface area contributed by atoms with Crippen LogP contribution in [0.4, 0.5) is 0 Å². The molecule has 1 amide bonds. The molecule has 0 bridgehead atoms. The minimum atomic E-state index is -0.278. The van der Waals surface area contributed by atoms with Crippen molar-refractivity contribution in [1.82, 2.24) is 15.7 Å². The van der Waals surface area contributed by atoms with Crippen molar-refractivity contribution >= 4 is 5.91 Å².